The van der Waals surface area contributed by atoms with E-state index in [2.05, 4.69) is 5.32 Å². The molecule has 1 N–H and O–H groups in total. The average molecular weight is 384 g/mol. The second-order valence-corrected chi connectivity index (χ2v) is 8.78. The van der Waals surface area contributed by atoms with E-state index in [-0.39, 0.29) is 38.7 Å². The van der Waals surface area contributed by atoms with E-state index < -0.39 is 9.84 Å². The Balaban J connectivity index is 1.77. The molecule has 2 aliphatic rings. The number of nitrogens with one attached hydrogen (secondary N) is 1. The summed E-state index contributed by atoms with van der Waals surface area (Å²) in [6.45, 7) is 1.34. The maximum atomic E-state index is 13.0. The van der Waals surface area contributed by atoms with Crippen LogP contribution in [0.3, 0.4) is 0 Å². The minimum Gasteiger partial charge on any atom is -0.334 e. The number of sulfone groups is 1. The molecule has 6 nitrogen and oxygen atoms in total. The molecule has 1 fully saturated rings. The van der Waals surface area contributed by atoms with Crippen molar-refractivity contribution in [2.45, 2.75) is 28.7 Å². The van der Waals surface area contributed by atoms with Crippen molar-refractivity contribution in [2.24, 2.45) is 0 Å². The maximum absolute atomic E-state index is 13.0. The number of carbonyl (C=O) groups is 2. The Morgan fingerprint density at radius 3 is 2.67 bits per heavy atom. The van der Waals surface area contributed by atoms with Gasteiger partial charge in [0, 0.05) is 35.8 Å². The molecule has 2 aromatic carbocycles. The normalized spacial score (nSPS) is 20.3. The summed E-state index contributed by atoms with van der Waals surface area (Å²) in [5.74, 6) is -0.527. The fraction of sp³-hybridized carbons (Fsp3) is 0.300. The predicted molar refractivity (Wildman–Crippen MR) is 99.8 cm³/mol. The standard InChI is InChI=1S/C20H20N2O4S/c1-21-12-14-5-4-10-22(14)20(24)13-8-9-16-18(11-13)27(25,26)17-7-3-2-6-15(17)19(16)23/h2-3,6-9,11,14,21H,4-5,10,12H2,1H3. The molecule has 140 valence electrons. The van der Waals surface area contributed by atoms with Gasteiger partial charge in [-0.05, 0) is 50.2 Å². The Morgan fingerprint density at radius 2 is 1.89 bits per heavy atom. The van der Waals surface area contributed by atoms with Gasteiger partial charge in [-0.15, -0.1) is 0 Å². The number of amides is 1. The fourth-order valence-corrected chi connectivity index (χ4v) is 5.61. The Labute approximate surface area is 158 Å². The van der Waals surface area contributed by atoms with Gasteiger partial charge in [0.05, 0.1) is 9.79 Å². The van der Waals surface area contributed by atoms with E-state index in [0.717, 1.165) is 12.8 Å². The average Bonchev–Trinajstić information content (AvgIpc) is 3.14. The minimum atomic E-state index is -3.84. The van der Waals surface area contributed by atoms with E-state index in [4.69, 9.17) is 0 Å². The lowest BCUT2D eigenvalue weighted by molar-refractivity contribution is 0.0736. The number of ketones is 1. The van der Waals surface area contributed by atoms with Crippen LogP contribution in [0.25, 0.3) is 0 Å². The van der Waals surface area contributed by atoms with Gasteiger partial charge in [0.2, 0.25) is 9.84 Å². The first-order valence-corrected chi connectivity index (χ1v) is 10.4. The lowest BCUT2D eigenvalue weighted by Gasteiger charge is -2.25. The summed E-state index contributed by atoms with van der Waals surface area (Å²) in [5.41, 5.74) is 0.601. The number of nitrogens with zero attached hydrogens (tertiary/aromatic N) is 1. The van der Waals surface area contributed by atoms with Crippen LogP contribution in [0.2, 0.25) is 0 Å². The molecule has 0 radical (unpaired) electrons. The van der Waals surface area contributed by atoms with Crippen molar-refractivity contribution in [3.63, 3.8) is 0 Å². The van der Waals surface area contributed by atoms with Crippen molar-refractivity contribution in [1.29, 1.82) is 0 Å². The number of likely N-dealkylation sites (tertiary alicyclic amines) is 1. The number of rotatable bonds is 3. The highest BCUT2D eigenvalue weighted by Crippen LogP contribution is 2.35. The summed E-state index contributed by atoms with van der Waals surface area (Å²) in [6, 6.07) is 10.7. The molecule has 2 aliphatic heterocycles. The number of fused-ring (bicyclic) bond motifs is 2. The SMILES string of the molecule is CNCC1CCCN1C(=O)c1ccc2c(c1)S(=O)(=O)c1ccccc1C2=O. The highest BCUT2D eigenvalue weighted by Gasteiger charge is 2.36. The number of benzene rings is 2. The zero-order chi connectivity index (χ0) is 19.2. The molecule has 4 rings (SSSR count). The van der Waals surface area contributed by atoms with Gasteiger partial charge in [-0.25, -0.2) is 8.42 Å². The molecule has 7 heteroatoms. The van der Waals surface area contributed by atoms with Crippen molar-refractivity contribution < 1.29 is 18.0 Å². The van der Waals surface area contributed by atoms with Crippen LogP contribution in [0.15, 0.2) is 52.3 Å². The summed E-state index contributed by atoms with van der Waals surface area (Å²) in [5, 5.41) is 3.09. The van der Waals surface area contributed by atoms with Gasteiger partial charge in [0.25, 0.3) is 5.91 Å². The number of hydrogen-bond donors (Lipinski definition) is 1. The van der Waals surface area contributed by atoms with E-state index in [9.17, 15) is 18.0 Å². The van der Waals surface area contributed by atoms with Crippen LogP contribution in [0.1, 0.15) is 39.1 Å². The molecule has 1 atom stereocenters. The molecule has 0 spiro atoms. The van der Waals surface area contributed by atoms with E-state index in [1.54, 1.807) is 23.1 Å². The number of carbonyl (C=O) groups excluding carboxylic acids is 2. The van der Waals surface area contributed by atoms with Crippen LogP contribution < -0.4 is 5.32 Å². The van der Waals surface area contributed by atoms with Crippen LogP contribution in [0.4, 0.5) is 0 Å². The summed E-state index contributed by atoms with van der Waals surface area (Å²) in [7, 11) is -2.00. The molecule has 1 saturated heterocycles. The van der Waals surface area contributed by atoms with Crippen LogP contribution in [0.5, 0.6) is 0 Å². The molecular weight excluding hydrogens is 364 g/mol. The third-order valence-electron chi connectivity index (χ3n) is 5.26. The fourth-order valence-electron chi connectivity index (χ4n) is 3.93. The van der Waals surface area contributed by atoms with E-state index >= 15 is 0 Å². The minimum absolute atomic E-state index is 0.00123. The molecule has 0 aromatic heterocycles. The van der Waals surface area contributed by atoms with Crippen LogP contribution in [-0.2, 0) is 9.84 Å². The monoisotopic (exact) mass is 384 g/mol. The molecule has 0 bridgehead atoms. The summed E-state index contributed by atoms with van der Waals surface area (Å²) in [4.78, 5) is 27.4. The molecule has 2 aromatic rings. The Bertz CT molecular complexity index is 1050. The largest absolute Gasteiger partial charge is 0.334 e. The van der Waals surface area contributed by atoms with Crippen molar-refractivity contribution in [3.8, 4) is 0 Å². The van der Waals surface area contributed by atoms with Crippen molar-refractivity contribution in [3.05, 3.63) is 59.2 Å². The zero-order valence-electron chi connectivity index (χ0n) is 14.9. The quantitative estimate of drug-likeness (QED) is 0.746. The topological polar surface area (TPSA) is 83.6 Å². The molecule has 1 amide bonds. The Hall–Kier alpha value is -2.51. The van der Waals surface area contributed by atoms with E-state index in [1.165, 1.54) is 24.3 Å². The zero-order valence-corrected chi connectivity index (χ0v) is 15.8. The molecule has 0 aliphatic carbocycles. The second kappa shape index (κ2) is 6.58. The van der Waals surface area contributed by atoms with Gasteiger partial charge >= 0.3 is 0 Å². The summed E-state index contributed by atoms with van der Waals surface area (Å²) >= 11 is 0. The van der Waals surface area contributed by atoms with Crippen molar-refractivity contribution in [1.82, 2.24) is 10.2 Å². The maximum Gasteiger partial charge on any atom is 0.254 e. The first-order valence-electron chi connectivity index (χ1n) is 8.93. The lowest BCUT2D eigenvalue weighted by atomic mass is 10.0. The van der Waals surface area contributed by atoms with Crippen LogP contribution in [-0.4, -0.2) is 51.2 Å². The highest BCUT2D eigenvalue weighted by atomic mass is 32.2. The lowest BCUT2D eigenvalue weighted by Crippen LogP contribution is -2.40. The first kappa shape index (κ1) is 17.9. The first-order chi connectivity index (χ1) is 12.9. The third-order valence-corrected chi connectivity index (χ3v) is 7.11. The number of hydrogen-bond acceptors (Lipinski definition) is 5. The van der Waals surface area contributed by atoms with Gasteiger partial charge in [-0.2, -0.15) is 0 Å². The van der Waals surface area contributed by atoms with Crippen LogP contribution in [0, 0.1) is 0 Å². The van der Waals surface area contributed by atoms with Gasteiger partial charge in [0.15, 0.2) is 5.78 Å². The van der Waals surface area contributed by atoms with Gasteiger partial charge in [0.1, 0.15) is 0 Å². The summed E-state index contributed by atoms with van der Waals surface area (Å²) < 4.78 is 26.0. The Morgan fingerprint density at radius 1 is 1.15 bits per heavy atom. The highest BCUT2D eigenvalue weighted by molar-refractivity contribution is 7.91. The predicted octanol–water partition coefficient (Wildman–Crippen LogP) is 1.89. The summed E-state index contributed by atoms with van der Waals surface area (Å²) in [6.07, 6.45) is 1.84. The van der Waals surface area contributed by atoms with Crippen molar-refractivity contribution >= 4 is 21.5 Å². The number of likely N-dealkylation sites (N-methyl/N-ethyl adjacent to an activating group) is 1. The molecule has 0 saturated carbocycles. The van der Waals surface area contributed by atoms with Crippen LogP contribution >= 0.6 is 0 Å². The third kappa shape index (κ3) is 2.78. The van der Waals surface area contributed by atoms with Gasteiger partial charge in [-0.1, -0.05) is 12.1 Å². The van der Waals surface area contributed by atoms with Crippen molar-refractivity contribution in [2.75, 3.05) is 20.1 Å². The molecule has 2 heterocycles. The van der Waals surface area contributed by atoms with E-state index in [1.807, 2.05) is 7.05 Å². The molecular formula is C20H20N2O4S. The smallest absolute Gasteiger partial charge is 0.254 e. The second-order valence-electron chi connectivity index (χ2n) is 6.89. The van der Waals surface area contributed by atoms with E-state index in [0.29, 0.717) is 18.7 Å². The van der Waals surface area contributed by atoms with Gasteiger partial charge in [-0.3, -0.25) is 9.59 Å². The Kier molecular flexibility index (Phi) is 4.36. The van der Waals surface area contributed by atoms with Gasteiger partial charge < -0.3 is 10.2 Å². The molecule has 27 heavy (non-hydrogen) atoms. The molecule has 1 unspecified atom stereocenters.